The van der Waals surface area contributed by atoms with Gasteiger partial charge in [0.25, 0.3) is 5.69 Å². The van der Waals surface area contributed by atoms with Crippen molar-refractivity contribution < 1.29 is 19.9 Å². The molecule has 0 amide bonds. The summed E-state index contributed by atoms with van der Waals surface area (Å²) in [7, 11) is 0. The molecular formula is C15H22N4O3+2. The minimum Gasteiger partial charge on any atom is -0.337 e. The number of nitro benzene ring substituents is 1. The summed E-state index contributed by atoms with van der Waals surface area (Å²) < 4.78 is 0. The number of nitrogens with zero attached hydrogens (tertiary/aromatic N) is 2. The lowest BCUT2D eigenvalue weighted by Gasteiger charge is -2.21. The van der Waals surface area contributed by atoms with Crippen LogP contribution in [-0.2, 0) is 0 Å². The summed E-state index contributed by atoms with van der Waals surface area (Å²) in [6, 6.07) is 5.67. The third kappa shape index (κ3) is 5.01. The van der Waals surface area contributed by atoms with Crippen LogP contribution in [0.3, 0.4) is 0 Å². The van der Waals surface area contributed by atoms with Gasteiger partial charge in [0.2, 0.25) is 0 Å². The van der Waals surface area contributed by atoms with Crippen molar-refractivity contribution in [2.75, 3.05) is 39.3 Å². The number of benzene rings is 1. The molecule has 1 heterocycles. The fourth-order valence-corrected chi connectivity index (χ4v) is 2.48. The standard InChI is InChI=1S/C15H20N4O3/c20-15(13-1-3-14(4-2-13)19(21)22)5-6-16-7-10-18-11-8-17-9-12-18/h1-4,6,17H,5,7-12H2/p+2. The minimum atomic E-state index is -0.476. The van der Waals surface area contributed by atoms with Gasteiger partial charge >= 0.3 is 0 Å². The van der Waals surface area contributed by atoms with Crippen LogP contribution in [0.5, 0.6) is 0 Å². The topological polar surface area (TPSA) is 93.6 Å². The molecule has 0 aromatic heterocycles. The van der Waals surface area contributed by atoms with Crippen LogP contribution in [0.25, 0.3) is 0 Å². The van der Waals surface area contributed by atoms with Gasteiger partial charge in [-0.25, -0.2) is 0 Å². The van der Waals surface area contributed by atoms with E-state index in [0.29, 0.717) is 5.56 Å². The van der Waals surface area contributed by atoms with Crippen molar-refractivity contribution in [3.63, 3.8) is 0 Å². The van der Waals surface area contributed by atoms with E-state index < -0.39 is 4.92 Å². The van der Waals surface area contributed by atoms with Crippen LogP contribution in [-0.4, -0.2) is 56.2 Å². The Morgan fingerprint density at radius 2 is 2.00 bits per heavy atom. The van der Waals surface area contributed by atoms with Crippen molar-refractivity contribution in [3.05, 3.63) is 39.9 Å². The molecule has 7 nitrogen and oxygen atoms in total. The number of nitrogens with one attached hydrogen (secondary N) is 1. The van der Waals surface area contributed by atoms with Crippen molar-refractivity contribution in [3.8, 4) is 0 Å². The number of non-ortho nitro benzene ring substituents is 1. The zero-order chi connectivity index (χ0) is 15.8. The molecule has 0 unspecified atom stereocenters. The molecule has 1 aliphatic heterocycles. The molecule has 1 fully saturated rings. The van der Waals surface area contributed by atoms with E-state index in [9.17, 15) is 14.9 Å². The Morgan fingerprint density at radius 3 is 2.64 bits per heavy atom. The largest absolute Gasteiger partial charge is 0.337 e. The summed E-state index contributed by atoms with van der Waals surface area (Å²) in [6.07, 6.45) is 1.89. The molecule has 1 aromatic rings. The zero-order valence-corrected chi connectivity index (χ0v) is 12.5. The SMILES string of the molecule is O=C(CC=NCC[NH+]1CC[NH2+]CC1)c1ccc([N+](=O)[O-])cc1. The number of ketones is 1. The molecule has 7 heteroatoms. The van der Waals surface area contributed by atoms with E-state index in [-0.39, 0.29) is 17.9 Å². The first-order valence-electron chi connectivity index (χ1n) is 7.58. The van der Waals surface area contributed by atoms with Crippen LogP contribution in [0.1, 0.15) is 16.8 Å². The fourth-order valence-electron chi connectivity index (χ4n) is 2.48. The monoisotopic (exact) mass is 306 g/mol. The Morgan fingerprint density at radius 1 is 1.32 bits per heavy atom. The van der Waals surface area contributed by atoms with Gasteiger partial charge in [-0.3, -0.25) is 19.9 Å². The highest BCUT2D eigenvalue weighted by molar-refractivity contribution is 6.03. The molecule has 0 spiro atoms. The molecule has 0 bridgehead atoms. The maximum atomic E-state index is 11.9. The lowest BCUT2D eigenvalue weighted by Crippen LogP contribution is -3.20. The molecule has 118 valence electrons. The van der Waals surface area contributed by atoms with Crippen LogP contribution < -0.4 is 10.2 Å². The summed E-state index contributed by atoms with van der Waals surface area (Å²) >= 11 is 0. The predicted molar refractivity (Wildman–Crippen MR) is 82.6 cm³/mol. The second-order valence-corrected chi connectivity index (χ2v) is 5.39. The number of nitro groups is 1. The number of aliphatic imine (C=N–C) groups is 1. The van der Waals surface area contributed by atoms with E-state index in [1.807, 2.05) is 0 Å². The average molecular weight is 306 g/mol. The number of quaternary nitrogens is 2. The quantitative estimate of drug-likeness (QED) is 0.284. The predicted octanol–water partition coefficient (Wildman–Crippen LogP) is -1.30. The van der Waals surface area contributed by atoms with Gasteiger partial charge in [0.05, 0.1) is 18.0 Å². The smallest absolute Gasteiger partial charge is 0.269 e. The van der Waals surface area contributed by atoms with Gasteiger partial charge in [0, 0.05) is 30.3 Å². The zero-order valence-electron chi connectivity index (χ0n) is 12.5. The molecule has 0 saturated carbocycles. The highest BCUT2D eigenvalue weighted by atomic mass is 16.6. The number of Topliss-reactive ketones (excluding diaryl/α,β-unsaturated/α-hetero) is 1. The lowest BCUT2D eigenvalue weighted by molar-refractivity contribution is -0.945. The highest BCUT2D eigenvalue weighted by Gasteiger charge is 2.14. The Balaban J connectivity index is 1.72. The first kappa shape index (κ1) is 16.3. The minimum absolute atomic E-state index is 0.00744. The Hall–Kier alpha value is -2.12. The Bertz CT molecular complexity index is 536. The van der Waals surface area contributed by atoms with Gasteiger partial charge in [0.15, 0.2) is 5.78 Å². The number of hydrogen-bond acceptors (Lipinski definition) is 4. The van der Waals surface area contributed by atoms with Crippen molar-refractivity contribution in [2.45, 2.75) is 6.42 Å². The molecule has 0 radical (unpaired) electrons. The fraction of sp³-hybridized carbons (Fsp3) is 0.467. The molecule has 22 heavy (non-hydrogen) atoms. The van der Waals surface area contributed by atoms with Crippen LogP contribution >= 0.6 is 0 Å². The number of piperazine rings is 1. The van der Waals surface area contributed by atoms with E-state index in [4.69, 9.17) is 0 Å². The van der Waals surface area contributed by atoms with Gasteiger partial charge < -0.3 is 10.2 Å². The summed E-state index contributed by atoms with van der Waals surface area (Å²) in [4.78, 5) is 27.9. The van der Waals surface area contributed by atoms with Crippen LogP contribution in [0.2, 0.25) is 0 Å². The Labute approximate surface area is 129 Å². The summed E-state index contributed by atoms with van der Waals surface area (Å²) in [6.45, 7) is 6.46. The summed E-state index contributed by atoms with van der Waals surface area (Å²) in [5, 5.41) is 12.9. The number of nitrogens with two attached hydrogens (primary N) is 1. The van der Waals surface area contributed by atoms with E-state index in [0.717, 1.165) is 13.1 Å². The third-order valence-electron chi connectivity index (χ3n) is 3.80. The van der Waals surface area contributed by atoms with Crippen molar-refractivity contribution >= 4 is 17.7 Å². The first-order valence-corrected chi connectivity index (χ1v) is 7.58. The summed E-state index contributed by atoms with van der Waals surface area (Å²) in [5.74, 6) is -0.0708. The van der Waals surface area contributed by atoms with Crippen molar-refractivity contribution in [2.24, 2.45) is 4.99 Å². The van der Waals surface area contributed by atoms with E-state index in [2.05, 4.69) is 10.3 Å². The van der Waals surface area contributed by atoms with Crippen LogP contribution in [0.4, 0.5) is 5.69 Å². The highest BCUT2D eigenvalue weighted by Crippen LogP contribution is 2.12. The van der Waals surface area contributed by atoms with E-state index in [1.54, 1.807) is 11.1 Å². The lowest BCUT2D eigenvalue weighted by atomic mass is 10.1. The van der Waals surface area contributed by atoms with Gasteiger partial charge in [-0.1, -0.05) is 0 Å². The van der Waals surface area contributed by atoms with Gasteiger partial charge in [-0.15, -0.1) is 0 Å². The van der Waals surface area contributed by atoms with Gasteiger partial charge in [-0.05, 0) is 12.1 Å². The second-order valence-electron chi connectivity index (χ2n) is 5.39. The number of carbonyl (C=O) groups is 1. The van der Waals surface area contributed by atoms with Gasteiger partial charge in [-0.2, -0.15) is 0 Å². The molecule has 1 saturated heterocycles. The second kappa shape index (κ2) is 8.35. The molecule has 3 N–H and O–H groups in total. The normalized spacial score (nSPS) is 16.0. The molecule has 2 rings (SSSR count). The number of hydrogen-bond donors (Lipinski definition) is 2. The summed E-state index contributed by atoms with van der Waals surface area (Å²) in [5.41, 5.74) is 0.473. The number of carbonyl (C=O) groups excluding carboxylic acids is 1. The Kier molecular flexibility index (Phi) is 6.17. The first-order chi connectivity index (χ1) is 10.7. The molecule has 0 atom stereocenters. The maximum absolute atomic E-state index is 11.9. The van der Waals surface area contributed by atoms with E-state index in [1.165, 1.54) is 50.4 Å². The van der Waals surface area contributed by atoms with Crippen LogP contribution in [0.15, 0.2) is 29.3 Å². The number of rotatable bonds is 7. The molecule has 1 aromatic carbocycles. The van der Waals surface area contributed by atoms with Gasteiger partial charge in [0.1, 0.15) is 26.2 Å². The van der Waals surface area contributed by atoms with E-state index >= 15 is 0 Å². The van der Waals surface area contributed by atoms with Crippen molar-refractivity contribution in [1.82, 2.24) is 0 Å². The maximum Gasteiger partial charge on any atom is 0.269 e. The van der Waals surface area contributed by atoms with Crippen molar-refractivity contribution in [1.29, 1.82) is 0 Å². The average Bonchev–Trinajstić information content (AvgIpc) is 2.55. The van der Waals surface area contributed by atoms with Crippen LogP contribution in [0, 0.1) is 10.1 Å². The third-order valence-corrected chi connectivity index (χ3v) is 3.80. The molecule has 0 aliphatic carbocycles. The molecule has 1 aliphatic rings. The molecular weight excluding hydrogens is 284 g/mol.